The van der Waals surface area contributed by atoms with Crippen LogP contribution in [0.4, 0.5) is 29.3 Å². The molecule has 1 fully saturated rings. The van der Waals surface area contributed by atoms with Crippen molar-refractivity contribution in [3.8, 4) is 17.2 Å². The quantitative estimate of drug-likeness (QED) is 0.308. The van der Waals surface area contributed by atoms with Crippen LogP contribution in [0.2, 0.25) is 0 Å². The number of urea groups is 1. The standard InChI is InChI=1S/C30H28F3N3O7/c31-30(32,33)17-2-4-18(5-3-17)35-29(39)36-19-6-8-23-21(10-19)22-11-20(42-26(14-37)28(22)43-23)12-27(38)34-13-16-1-7-24-25(9-16)41-15-40-24/h1-10,20,22,26,28,37H,11-15H2,(H,34,38)(H2,35,36,39)/t20-,22+,26-,28-/m0/s1. The molecule has 13 heteroatoms. The lowest BCUT2D eigenvalue weighted by atomic mass is 9.84. The van der Waals surface area contributed by atoms with Gasteiger partial charge in [0.15, 0.2) is 11.5 Å². The average Bonchev–Trinajstić information content (AvgIpc) is 3.59. The molecule has 3 aliphatic heterocycles. The van der Waals surface area contributed by atoms with E-state index >= 15 is 0 Å². The number of aliphatic hydroxyl groups is 1. The summed E-state index contributed by atoms with van der Waals surface area (Å²) in [5.74, 6) is 1.45. The predicted octanol–water partition coefficient (Wildman–Crippen LogP) is 4.78. The van der Waals surface area contributed by atoms with E-state index in [-0.39, 0.29) is 37.3 Å². The normalized spacial score (nSPS) is 21.8. The molecule has 0 radical (unpaired) electrons. The summed E-state index contributed by atoms with van der Waals surface area (Å²) in [5.41, 5.74) is 1.48. The van der Waals surface area contributed by atoms with Crippen molar-refractivity contribution in [2.75, 3.05) is 24.0 Å². The lowest BCUT2D eigenvalue weighted by molar-refractivity contribution is -0.142. The van der Waals surface area contributed by atoms with Crippen LogP contribution in [-0.2, 0) is 22.3 Å². The predicted molar refractivity (Wildman–Crippen MR) is 147 cm³/mol. The molecule has 43 heavy (non-hydrogen) atoms. The van der Waals surface area contributed by atoms with Crippen LogP contribution in [0, 0.1) is 0 Å². The van der Waals surface area contributed by atoms with E-state index in [0.717, 1.165) is 23.3 Å². The number of hydrogen-bond donors (Lipinski definition) is 4. The van der Waals surface area contributed by atoms with Crippen molar-refractivity contribution in [1.29, 1.82) is 0 Å². The molecule has 0 aromatic heterocycles. The lowest BCUT2D eigenvalue weighted by Gasteiger charge is -2.37. The van der Waals surface area contributed by atoms with Crippen LogP contribution in [0.5, 0.6) is 17.2 Å². The number of carbonyl (C=O) groups is 2. The largest absolute Gasteiger partial charge is 0.487 e. The topological polar surface area (TPSA) is 127 Å². The Labute approximate surface area is 244 Å². The number of benzene rings is 3. The maximum absolute atomic E-state index is 12.8. The molecule has 1 saturated heterocycles. The number of halogens is 3. The Bertz CT molecular complexity index is 1520. The molecule has 3 aromatic rings. The second-order valence-electron chi connectivity index (χ2n) is 10.5. The van der Waals surface area contributed by atoms with Gasteiger partial charge in [0, 0.05) is 29.4 Å². The van der Waals surface area contributed by atoms with Gasteiger partial charge >= 0.3 is 12.2 Å². The molecular formula is C30H28F3N3O7. The van der Waals surface area contributed by atoms with Gasteiger partial charge in [0.05, 0.1) is 24.7 Å². The van der Waals surface area contributed by atoms with E-state index in [2.05, 4.69) is 16.0 Å². The fraction of sp³-hybridized carbons (Fsp3) is 0.333. The molecule has 3 amide bonds. The Hall–Kier alpha value is -4.49. The molecule has 0 unspecified atom stereocenters. The third-order valence-electron chi connectivity index (χ3n) is 7.57. The smallest absolute Gasteiger partial charge is 0.416 e. The van der Waals surface area contributed by atoms with Gasteiger partial charge in [0.25, 0.3) is 0 Å². The summed E-state index contributed by atoms with van der Waals surface area (Å²) in [7, 11) is 0. The Morgan fingerprint density at radius 1 is 0.907 bits per heavy atom. The average molecular weight is 600 g/mol. The van der Waals surface area contributed by atoms with Crippen molar-refractivity contribution < 1.29 is 46.8 Å². The molecule has 3 heterocycles. The van der Waals surface area contributed by atoms with Gasteiger partial charge in [-0.05, 0) is 66.6 Å². The third kappa shape index (κ3) is 6.32. The zero-order valence-corrected chi connectivity index (χ0v) is 22.6. The van der Waals surface area contributed by atoms with Crippen molar-refractivity contribution in [3.63, 3.8) is 0 Å². The van der Waals surface area contributed by atoms with Crippen LogP contribution < -0.4 is 30.2 Å². The number of ether oxygens (including phenoxy) is 4. The Morgan fingerprint density at radius 2 is 1.63 bits per heavy atom. The fourth-order valence-electron chi connectivity index (χ4n) is 5.53. The number of carbonyl (C=O) groups excluding carboxylic acids is 2. The van der Waals surface area contributed by atoms with Crippen LogP contribution in [0.3, 0.4) is 0 Å². The number of aliphatic hydroxyl groups excluding tert-OH is 1. The highest BCUT2D eigenvalue weighted by Gasteiger charge is 2.46. The van der Waals surface area contributed by atoms with Gasteiger partial charge in [-0.3, -0.25) is 4.79 Å². The number of hydrogen-bond acceptors (Lipinski definition) is 7. The zero-order chi connectivity index (χ0) is 30.1. The van der Waals surface area contributed by atoms with Crippen LogP contribution in [0.1, 0.15) is 35.4 Å². The SMILES string of the molecule is O=C(C[C@@H]1C[C@@H]2c3cc(NC(=O)Nc4ccc(C(F)(F)F)cc4)ccc3O[C@@H]2[C@H](CO)O1)NCc1ccc2c(c1)OCO2. The third-order valence-corrected chi connectivity index (χ3v) is 7.57. The number of rotatable bonds is 7. The minimum absolute atomic E-state index is 0.0765. The van der Waals surface area contributed by atoms with Gasteiger partial charge in [0.1, 0.15) is 18.0 Å². The number of alkyl halides is 3. The van der Waals surface area contributed by atoms with Crippen molar-refractivity contribution >= 4 is 23.3 Å². The molecule has 0 saturated carbocycles. The summed E-state index contributed by atoms with van der Waals surface area (Å²) < 4.78 is 61.2. The van der Waals surface area contributed by atoms with Crippen molar-refractivity contribution in [1.82, 2.24) is 5.32 Å². The molecule has 3 aromatic carbocycles. The first-order chi connectivity index (χ1) is 20.7. The first kappa shape index (κ1) is 28.6. The first-order valence-electron chi connectivity index (χ1n) is 13.6. The molecule has 3 aliphatic rings. The van der Waals surface area contributed by atoms with Crippen molar-refractivity contribution in [2.45, 2.75) is 49.8 Å². The molecule has 4 N–H and O–H groups in total. The summed E-state index contributed by atoms with van der Waals surface area (Å²) in [6.07, 6.45) is -5.55. The Balaban J connectivity index is 1.07. The van der Waals surface area contributed by atoms with Gasteiger partial charge < -0.3 is 40.0 Å². The highest BCUT2D eigenvalue weighted by atomic mass is 19.4. The summed E-state index contributed by atoms with van der Waals surface area (Å²) in [6, 6.07) is 14.0. The van der Waals surface area contributed by atoms with E-state index in [1.54, 1.807) is 24.3 Å². The fourth-order valence-corrected chi connectivity index (χ4v) is 5.53. The zero-order valence-electron chi connectivity index (χ0n) is 22.6. The molecule has 0 spiro atoms. The molecular weight excluding hydrogens is 571 g/mol. The number of amides is 3. The van der Waals surface area contributed by atoms with E-state index in [9.17, 15) is 27.9 Å². The van der Waals surface area contributed by atoms with Crippen LogP contribution in [0.25, 0.3) is 0 Å². The summed E-state index contributed by atoms with van der Waals surface area (Å²) in [5, 5.41) is 18.1. The lowest BCUT2D eigenvalue weighted by Crippen LogP contribution is -2.47. The van der Waals surface area contributed by atoms with Crippen LogP contribution >= 0.6 is 0 Å². The van der Waals surface area contributed by atoms with Gasteiger partial charge in [-0.1, -0.05) is 6.07 Å². The molecule has 0 aliphatic carbocycles. The van der Waals surface area contributed by atoms with Gasteiger partial charge in [-0.2, -0.15) is 13.2 Å². The highest BCUT2D eigenvalue weighted by molar-refractivity contribution is 5.99. The number of nitrogens with one attached hydrogen (secondary N) is 3. The van der Waals surface area contributed by atoms with Gasteiger partial charge in [-0.25, -0.2) is 4.79 Å². The van der Waals surface area contributed by atoms with E-state index in [0.29, 0.717) is 35.9 Å². The van der Waals surface area contributed by atoms with E-state index < -0.39 is 36.1 Å². The second-order valence-corrected chi connectivity index (χ2v) is 10.5. The molecule has 6 rings (SSSR count). The Morgan fingerprint density at radius 3 is 2.40 bits per heavy atom. The monoisotopic (exact) mass is 599 g/mol. The van der Waals surface area contributed by atoms with Gasteiger partial charge in [-0.15, -0.1) is 0 Å². The van der Waals surface area contributed by atoms with E-state index in [4.69, 9.17) is 18.9 Å². The second kappa shape index (κ2) is 11.7. The van der Waals surface area contributed by atoms with Gasteiger partial charge in [0.2, 0.25) is 12.7 Å². The minimum atomic E-state index is -4.47. The minimum Gasteiger partial charge on any atom is -0.487 e. The molecule has 10 nitrogen and oxygen atoms in total. The maximum Gasteiger partial charge on any atom is 0.416 e. The van der Waals surface area contributed by atoms with Crippen molar-refractivity contribution in [2.24, 2.45) is 0 Å². The maximum atomic E-state index is 12.8. The van der Waals surface area contributed by atoms with Crippen LogP contribution in [-0.4, -0.2) is 48.8 Å². The molecule has 226 valence electrons. The number of anilines is 2. The number of fused-ring (bicyclic) bond motifs is 4. The molecule has 4 atom stereocenters. The summed E-state index contributed by atoms with van der Waals surface area (Å²) in [6.45, 7) is 0.164. The highest BCUT2D eigenvalue weighted by Crippen LogP contribution is 2.47. The first-order valence-corrected chi connectivity index (χ1v) is 13.6. The van der Waals surface area contributed by atoms with E-state index in [1.807, 2.05) is 12.1 Å². The Kier molecular flexibility index (Phi) is 7.75. The summed E-state index contributed by atoms with van der Waals surface area (Å²) in [4.78, 5) is 25.3. The summed E-state index contributed by atoms with van der Waals surface area (Å²) >= 11 is 0. The molecule has 0 bridgehead atoms. The van der Waals surface area contributed by atoms with E-state index in [1.165, 1.54) is 12.1 Å². The van der Waals surface area contributed by atoms with Crippen LogP contribution in [0.15, 0.2) is 60.7 Å². The van der Waals surface area contributed by atoms with Crippen molar-refractivity contribution in [3.05, 3.63) is 77.4 Å².